The van der Waals surface area contributed by atoms with Crippen molar-refractivity contribution in [1.29, 1.82) is 0 Å². The van der Waals surface area contributed by atoms with Crippen LogP contribution in [0.3, 0.4) is 0 Å². The highest BCUT2D eigenvalue weighted by molar-refractivity contribution is 5.98. The lowest BCUT2D eigenvalue weighted by Gasteiger charge is -2.26. The summed E-state index contributed by atoms with van der Waals surface area (Å²) in [4.78, 5) is 99.3. The van der Waals surface area contributed by atoms with Gasteiger partial charge in [-0.1, -0.05) is 126 Å². The van der Waals surface area contributed by atoms with Crippen molar-refractivity contribution in [3.8, 4) is 0 Å². The van der Waals surface area contributed by atoms with Crippen LogP contribution in [0.1, 0.15) is 102 Å². The molecule has 0 aliphatic heterocycles. The largest absolute Gasteiger partial charge is 0.478 e. The topological polar surface area (TPSA) is 269 Å². The van der Waals surface area contributed by atoms with E-state index in [-0.39, 0.29) is 31.1 Å². The van der Waals surface area contributed by atoms with Crippen LogP contribution in [-0.4, -0.2) is 83.1 Å². The molecule has 16 heteroatoms. The van der Waals surface area contributed by atoms with Gasteiger partial charge in [-0.25, -0.2) is 4.79 Å². The van der Waals surface area contributed by atoms with Gasteiger partial charge in [0, 0.05) is 38.0 Å². The van der Waals surface area contributed by atoms with Gasteiger partial charge in [0.25, 0.3) is 0 Å². The van der Waals surface area contributed by atoms with E-state index in [1.165, 1.54) is 0 Å². The molecule has 16 nitrogen and oxygen atoms in total. The maximum Gasteiger partial charge on any atom is 0.328 e. The number of nitrogens with one attached hydrogen (secondary N) is 5. The Morgan fingerprint density at radius 3 is 1.65 bits per heavy atom. The lowest BCUT2D eigenvalue weighted by atomic mass is 9.97. The molecule has 1 unspecified atom stereocenters. The number of carbonyl (C=O) groups is 8. The van der Waals surface area contributed by atoms with Crippen LogP contribution in [0.5, 0.6) is 0 Å². The van der Waals surface area contributed by atoms with Crippen molar-refractivity contribution in [3.63, 3.8) is 0 Å². The molecule has 60 heavy (non-hydrogen) atoms. The summed E-state index contributed by atoms with van der Waals surface area (Å²) in [6.07, 6.45) is 10.2. The number of nitrogens with two attached hydrogens (primary N) is 2. The van der Waals surface area contributed by atoms with Gasteiger partial charge < -0.3 is 43.2 Å². The van der Waals surface area contributed by atoms with Gasteiger partial charge in [-0.15, -0.1) is 0 Å². The second-order valence-corrected chi connectivity index (χ2v) is 15.0. The molecule has 328 valence electrons. The molecule has 0 heterocycles. The Balaban J connectivity index is 1.69. The first kappa shape index (κ1) is 50.1. The number of carbonyl (C=O) groups excluding carboxylic acids is 7. The molecular formula is C44H63N7O9. The van der Waals surface area contributed by atoms with Crippen molar-refractivity contribution in [3.05, 3.63) is 83.9 Å². The first-order chi connectivity index (χ1) is 28.7. The van der Waals surface area contributed by atoms with E-state index in [9.17, 15) is 38.4 Å². The lowest BCUT2D eigenvalue weighted by Crippen LogP contribution is -2.55. The second kappa shape index (κ2) is 28.4. The van der Waals surface area contributed by atoms with Crippen LogP contribution in [0.4, 0.5) is 0 Å². The summed E-state index contributed by atoms with van der Waals surface area (Å²) >= 11 is 0. The van der Waals surface area contributed by atoms with Gasteiger partial charge in [-0.3, -0.25) is 33.6 Å². The highest BCUT2D eigenvalue weighted by Gasteiger charge is 2.30. The van der Waals surface area contributed by atoms with Crippen LogP contribution in [0.15, 0.2) is 72.8 Å². The average Bonchev–Trinajstić information content (AvgIpc) is 3.21. The van der Waals surface area contributed by atoms with Gasteiger partial charge in [0.15, 0.2) is 0 Å². The van der Waals surface area contributed by atoms with Crippen LogP contribution in [0, 0.1) is 5.92 Å². The van der Waals surface area contributed by atoms with Gasteiger partial charge in [-0.2, -0.15) is 0 Å². The smallest absolute Gasteiger partial charge is 0.328 e. The summed E-state index contributed by atoms with van der Waals surface area (Å²) in [5.74, 6) is -5.75. The molecule has 5 atom stereocenters. The number of unbranched alkanes of at least 4 members (excludes halogenated alkanes) is 8. The standard InChI is InChI=1S/C44H63N7O9/c1-3-30(2)40(44(60)49-33(41(46)57)27-31-19-13-11-14-20-31)51-37(53)23-17-9-7-5-4-6-8-10-18-26-47-42(58)35(29-36(45)52)50-43(59)34(28-32-21-15-12-16-22-32)48-38(54)24-25-39(55)56/h11-16,19-22,24-25,30,33-35,40H,3-10,17-18,23,26-29H2,1-2H3,(H2,45,52)(H2,46,57)(H,47,58)(H,48,54)(H,49,60)(H,50,59)(H,51,53)(H,55,56)/b25-24+/t30?,33-,34+,35-,40-/m0/s1. The van der Waals surface area contributed by atoms with E-state index in [1.807, 2.05) is 44.2 Å². The normalized spacial score (nSPS) is 13.5. The molecule has 0 radical (unpaired) electrons. The zero-order valence-electron chi connectivity index (χ0n) is 34.8. The molecule has 0 saturated heterocycles. The molecule has 2 rings (SSSR count). The molecule has 0 aromatic heterocycles. The summed E-state index contributed by atoms with van der Waals surface area (Å²) in [5.41, 5.74) is 12.5. The number of carboxylic acid groups (broad SMARTS) is 1. The van der Waals surface area contributed by atoms with E-state index in [0.717, 1.165) is 56.6 Å². The van der Waals surface area contributed by atoms with Crippen LogP contribution >= 0.6 is 0 Å². The third-order valence-electron chi connectivity index (χ3n) is 9.97. The number of primary amides is 2. The molecule has 0 spiro atoms. The molecule has 0 saturated carbocycles. The lowest BCUT2D eigenvalue weighted by molar-refractivity contribution is -0.133. The zero-order chi connectivity index (χ0) is 44.3. The highest BCUT2D eigenvalue weighted by Crippen LogP contribution is 2.13. The fraction of sp³-hybridized carbons (Fsp3) is 0.500. The van der Waals surface area contributed by atoms with Crippen molar-refractivity contribution in [2.75, 3.05) is 6.54 Å². The summed E-state index contributed by atoms with van der Waals surface area (Å²) < 4.78 is 0. The minimum Gasteiger partial charge on any atom is -0.478 e. The monoisotopic (exact) mass is 833 g/mol. The van der Waals surface area contributed by atoms with Crippen LogP contribution in [-0.2, 0) is 51.2 Å². The Hall–Kier alpha value is -6.06. The predicted octanol–water partition coefficient (Wildman–Crippen LogP) is 2.48. The van der Waals surface area contributed by atoms with Crippen LogP contribution in [0.25, 0.3) is 0 Å². The number of aliphatic carboxylic acids is 1. The Kier molecular flexibility index (Phi) is 23.7. The molecule has 7 amide bonds. The zero-order valence-corrected chi connectivity index (χ0v) is 34.8. The molecule has 0 bridgehead atoms. The Morgan fingerprint density at radius 2 is 1.13 bits per heavy atom. The van der Waals surface area contributed by atoms with E-state index < -0.39 is 72.0 Å². The van der Waals surface area contributed by atoms with E-state index in [0.29, 0.717) is 37.4 Å². The van der Waals surface area contributed by atoms with E-state index in [2.05, 4.69) is 26.6 Å². The summed E-state index contributed by atoms with van der Waals surface area (Å²) in [6, 6.07) is 13.9. The molecule has 0 aliphatic carbocycles. The summed E-state index contributed by atoms with van der Waals surface area (Å²) in [7, 11) is 0. The van der Waals surface area contributed by atoms with Crippen molar-refractivity contribution in [1.82, 2.24) is 26.6 Å². The van der Waals surface area contributed by atoms with Crippen molar-refractivity contribution in [2.24, 2.45) is 17.4 Å². The molecule has 0 aliphatic rings. The van der Waals surface area contributed by atoms with Crippen molar-refractivity contribution in [2.45, 2.75) is 128 Å². The molecular weight excluding hydrogens is 771 g/mol. The minimum absolute atomic E-state index is 0.0418. The van der Waals surface area contributed by atoms with E-state index in [4.69, 9.17) is 16.6 Å². The number of benzene rings is 2. The van der Waals surface area contributed by atoms with Crippen molar-refractivity contribution < 1.29 is 43.5 Å². The first-order valence-corrected chi connectivity index (χ1v) is 20.7. The highest BCUT2D eigenvalue weighted by atomic mass is 16.4. The summed E-state index contributed by atoms with van der Waals surface area (Å²) in [6.45, 7) is 4.13. The second-order valence-electron chi connectivity index (χ2n) is 15.0. The number of rotatable bonds is 30. The number of hydrogen-bond donors (Lipinski definition) is 8. The van der Waals surface area contributed by atoms with E-state index in [1.54, 1.807) is 30.3 Å². The van der Waals surface area contributed by atoms with Gasteiger partial charge in [0.1, 0.15) is 24.2 Å². The number of hydrogen-bond acceptors (Lipinski definition) is 8. The third-order valence-corrected chi connectivity index (χ3v) is 9.97. The van der Waals surface area contributed by atoms with Gasteiger partial charge in [-0.05, 0) is 29.9 Å². The maximum atomic E-state index is 13.2. The minimum atomic E-state index is -1.34. The Labute approximate surface area is 352 Å². The predicted molar refractivity (Wildman–Crippen MR) is 226 cm³/mol. The van der Waals surface area contributed by atoms with Gasteiger partial charge in [0.2, 0.25) is 41.4 Å². The quantitative estimate of drug-likeness (QED) is 0.0424. The molecule has 0 fully saturated rings. The van der Waals surface area contributed by atoms with Gasteiger partial charge >= 0.3 is 5.97 Å². The SMILES string of the molecule is CCC(C)[C@H](NC(=O)CCCCCCCCCCCNC(=O)[C@H](CC(N)=O)NC(=O)[C@@H](Cc1ccccc1)NC(=O)/C=C/C(=O)O)C(=O)N[C@@H](Cc1ccccc1)C(N)=O. The average molecular weight is 834 g/mol. The fourth-order valence-electron chi connectivity index (χ4n) is 6.37. The van der Waals surface area contributed by atoms with E-state index >= 15 is 0 Å². The summed E-state index contributed by atoms with van der Waals surface area (Å²) in [5, 5.41) is 22.1. The van der Waals surface area contributed by atoms with Crippen LogP contribution in [0.2, 0.25) is 0 Å². The number of amides is 7. The van der Waals surface area contributed by atoms with Gasteiger partial charge in [0.05, 0.1) is 6.42 Å². The molecule has 2 aromatic carbocycles. The maximum absolute atomic E-state index is 13.2. The Morgan fingerprint density at radius 1 is 0.617 bits per heavy atom. The van der Waals surface area contributed by atoms with Crippen LogP contribution < -0.4 is 38.1 Å². The third kappa shape index (κ3) is 21.1. The molecule has 10 N–H and O–H groups in total. The number of carboxylic acids is 1. The molecule has 2 aromatic rings. The first-order valence-electron chi connectivity index (χ1n) is 20.7. The fourth-order valence-corrected chi connectivity index (χ4v) is 6.37. The Bertz CT molecular complexity index is 1720. The van der Waals surface area contributed by atoms with Crippen molar-refractivity contribution >= 4 is 47.3 Å².